The molecule has 1 atom stereocenters. The molecule has 0 saturated carbocycles. The molecule has 0 aliphatic carbocycles. The first-order valence-electron chi connectivity index (χ1n) is 8.71. The monoisotopic (exact) mass is 394 g/mol. The number of hydrogen-bond acceptors (Lipinski definition) is 3. The molecule has 0 aromatic heterocycles. The van der Waals surface area contributed by atoms with Crippen molar-refractivity contribution in [2.75, 3.05) is 0 Å². The summed E-state index contributed by atoms with van der Waals surface area (Å²) in [6.45, 7) is 2.07. The van der Waals surface area contributed by atoms with Crippen molar-refractivity contribution in [3.05, 3.63) is 59.7 Å². The summed E-state index contributed by atoms with van der Waals surface area (Å²) in [5.41, 5.74) is 6.47. The van der Waals surface area contributed by atoms with Gasteiger partial charge >= 0.3 is 12.3 Å². The fourth-order valence-electron chi connectivity index (χ4n) is 2.62. The van der Waals surface area contributed by atoms with E-state index in [4.69, 9.17) is 10.5 Å². The van der Waals surface area contributed by atoms with Gasteiger partial charge in [0.2, 0.25) is 0 Å². The molecule has 8 heteroatoms. The van der Waals surface area contributed by atoms with Crippen LogP contribution in [0.5, 0.6) is 0 Å². The molecule has 0 aliphatic heterocycles. The molecule has 150 valence electrons. The number of benzene rings is 2. The van der Waals surface area contributed by atoms with Gasteiger partial charge in [-0.2, -0.15) is 13.2 Å². The Morgan fingerprint density at radius 2 is 1.57 bits per heavy atom. The SMILES string of the molecule is CCCC(OC(N)=O)C(=O)NCc1ccc(-c2ccc(C(F)(F)F)cc2)cc1. The zero-order valence-electron chi connectivity index (χ0n) is 15.3. The quantitative estimate of drug-likeness (QED) is 0.737. The maximum atomic E-state index is 12.6. The lowest BCUT2D eigenvalue weighted by molar-refractivity contribution is -0.137. The Balaban J connectivity index is 1.98. The van der Waals surface area contributed by atoms with Crippen LogP contribution in [0.25, 0.3) is 11.1 Å². The second kappa shape index (κ2) is 9.25. The number of carbonyl (C=O) groups excluding carboxylic acids is 2. The first kappa shape index (κ1) is 21.3. The van der Waals surface area contributed by atoms with Crippen molar-refractivity contribution in [1.29, 1.82) is 0 Å². The number of alkyl halides is 3. The number of rotatable bonds is 7. The Bertz CT molecular complexity index is 803. The van der Waals surface area contributed by atoms with Crippen LogP contribution in [-0.2, 0) is 22.3 Å². The van der Waals surface area contributed by atoms with Crippen LogP contribution in [0, 0.1) is 0 Å². The summed E-state index contributed by atoms with van der Waals surface area (Å²) in [4.78, 5) is 23.0. The van der Waals surface area contributed by atoms with Gasteiger partial charge < -0.3 is 15.8 Å². The summed E-state index contributed by atoms with van der Waals surface area (Å²) >= 11 is 0. The third-order valence-electron chi connectivity index (χ3n) is 4.07. The molecule has 0 spiro atoms. The predicted octanol–water partition coefficient (Wildman–Crippen LogP) is 4.25. The highest BCUT2D eigenvalue weighted by Gasteiger charge is 2.29. The molecular formula is C20H21F3N2O3. The second-order valence-corrected chi connectivity index (χ2v) is 6.20. The van der Waals surface area contributed by atoms with Gasteiger partial charge in [0.1, 0.15) is 0 Å². The first-order valence-corrected chi connectivity index (χ1v) is 8.71. The molecule has 1 unspecified atom stereocenters. The summed E-state index contributed by atoms with van der Waals surface area (Å²) in [5, 5.41) is 2.68. The minimum absolute atomic E-state index is 0.217. The highest BCUT2D eigenvalue weighted by Crippen LogP contribution is 2.31. The Morgan fingerprint density at radius 3 is 2.04 bits per heavy atom. The smallest absolute Gasteiger partial charge is 0.416 e. The molecule has 28 heavy (non-hydrogen) atoms. The van der Waals surface area contributed by atoms with Gasteiger partial charge in [0, 0.05) is 6.54 Å². The molecule has 0 fully saturated rings. The van der Waals surface area contributed by atoms with Crippen LogP contribution in [-0.4, -0.2) is 18.1 Å². The fourth-order valence-corrected chi connectivity index (χ4v) is 2.62. The van der Waals surface area contributed by atoms with Crippen LogP contribution < -0.4 is 11.1 Å². The Morgan fingerprint density at radius 1 is 1.04 bits per heavy atom. The second-order valence-electron chi connectivity index (χ2n) is 6.20. The minimum atomic E-state index is -4.37. The number of ether oxygens (including phenoxy) is 1. The van der Waals surface area contributed by atoms with Crippen molar-refractivity contribution in [2.45, 2.75) is 38.6 Å². The average molecular weight is 394 g/mol. The Hall–Kier alpha value is -3.03. The van der Waals surface area contributed by atoms with Gasteiger partial charge in [-0.25, -0.2) is 4.79 Å². The zero-order chi connectivity index (χ0) is 20.7. The molecule has 0 aliphatic rings. The largest absolute Gasteiger partial charge is 0.436 e. The molecule has 2 aromatic rings. The highest BCUT2D eigenvalue weighted by molar-refractivity contribution is 5.83. The van der Waals surface area contributed by atoms with E-state index in [1.807, 2.05) is 6.92 Å². The number of nitrogens with one attached hydrogen (secondary N) is 1. The van der Waals surface area contributed by atoms with Crippen molar-refractivity contribution >= 4 is 12.0 Å². The molecule has 0 heterocycles. The summed E-state index contributed by atoms with van der Waals surface area (Å²) in [6, 6.07) is 11.9. The van der Waals surface area contributed by atoms with Crippen LogP contribution >= 0.6 is 0 Å². The minimum Gasteiger partial charge on any atom is -0.436 e. The summed E-state index contributed by atoms with van der Waals surface area (Å²) in [7, 11) is 0. The number of hydrogen-bond donors (Lipinski definition) is 2. The maximum Gasteiger partial charge on any atom is 0.416 e. The average Bonchev–Trinajstić information content (AvgIpc) is 2.65. The lowest BCUT2D eigenvalue weighted by Gasteiger charge is -2.15. The predicted molar refractivity (Wildman–Crippen MR) is 98.1 cm³/mol. The standard InChI is InChI=1S/C20H21F3N2O3/c1-2-3-17(28-19(24)27)18(26)25-12-13-4-6-14(7-5-13)15-8-10-16(11-9-15)20(21,22)23/h4-11,17H,2-3,12H2,1H3,(H2,24,27)(H,25,26). The van der Waals surface area contributed by atoms with Crippen molar-refractivity contribution in [3.63, 3.8) is 0 Å². The van der Waals surface area contributed by atoms with Crippen molar-refractivity contribution in [3.8, 4) is 11.1 Å². The zero-order valence-corrected chi connectivity index (χ0v) is 15.3. The molecule has 0 radical (unpaired) electrons. The van der Waals surface area contributed by atoms with Crippen LogP contribution in [0.1, 0.15) is 30.9 Å². The van der Waals surface area contributed by atoms with E-state index in [0.717, 1.165) is 23.3 Å². The highest BCUT2D eigenvalue weighted by atomic mass is 19.4. The fraction of sp³-hybridized carbons (Fsp3) is 0.300. The molecule has 0 saturated heterocycles. The molecule has 5 nitrogen and oxygen atoms in total. The van der Waals surface area contributed by atoms with E-state index in [1.165, 1.54) is 12.1 Å². The molecule has 2 aromatic carbocycles. The topological polar surface area (TPSA) is 81.4 Å². The van der Waals surface area contributed by atoms with Crippen molar-refractivity contribution < 1.29 is 27.5 Å². The van der Waals surface area contributed by atoms with Gasteiger partial charge in [-0.1, -0.05) is 49.7 Å². The normalized spacial score (nSPS) is 12.3. The molecule has 0 bridgehead atoms. The van der Waals surface area contributed by atoms with E-state index < -0.39 is 29.8 Å². The van der Waals surface area contributed by atoms with Crippen molar-refractivity contribution in [1.82, 2.24) is 5.32 Å². The third kappa shape index (κ3) is 6.00. The van der Waals surface area contributed by atoms with E-state index in [9.17, 15) is 22.8 Å². The van der Waals surface area contributed by atoms with Crippen LogP contribution in [0.3, 0.4) is 0 Å². The molecule has 2 rings (SSSR count). The van der Waals surface area contributed by atoms with Crippen molar-refractivity contribution in [2.24, 2.45) is 5.73 Å². The number of amides is 2. The van der Waals surface area contributed by atoms with E-state index in [0.29, 0.717) is 18.4 Å². The molecule has 3 N–H and O–H groups in total. The number of nitrogens with two attached hydrogens (primary N) is 1. The van der Waals surface area contributed by atoms with E-state index in [-0.39, 0.29) is 6.54 Å². The third-order valence-corrected chi connectivity index (χ3v) is 4.07. The van der Waals surface area contributed by atoms with Gasteiger partial charge in [0.25, 0.3) is 5.91 Å². The number of primary amides is 1. The lowest BCUT2D eigenvalue weighted by atomic mass is 10.0. The number of halogens is 3. The Labute approximate surface area is 160 Å². The Kier molecular flexibility index (Phi) is 7.03. The van der Waals surface area contributed by atoms with Gasteiger partial charge in [0.15, 0.2) is 6.10 Å². The van der Waals surface area contributed by atoms with Gasteiger partial charge in [0.05, 0.1) is 5.56 Å². The lowest BCUT2D eigenvalue weighted by Crippen LogP contribution is -2.38. The van der Waals surface area contributed by atoms with E-state index >= 15 is 0 Å². The molecule has 2 amide bonds. The molecular weight excluding hydrogens is 373 g/mol. The summed E-state index contributed by atoms with van der Waals surface area (Å²) in [6.07, 6.45) is -5.30. The van der Waals surface area contributed by atoms with Crippen LogP contribution in [0.2, 0.25) is 0 Å². The number of carbonyl (C=O) groups is 2. The van der Waals surface area contributed by atoms with Crippen LogP contribution in [0.4, 0.5) is 18.0 Å². The first-order chi connectivity index (χ1) is 13.2. The summed E-state index contributed by atoms with van der Waals surface area (Å²) < 4.78 is 42.7. The van der Waals surface area contributed by atoms with Gasteiger partial charge in [-0.05, 0) is 35.2 Å². The van der Waals surface area contributed by atoms with E-state index in [1.54, 1.807) is 24.3 Å². The van der Waals surface area contributed by atoms with Gasteiger partial charge in [-0.15, -0.1) is 0 Å². The van der Waals surface area contributed by atoms with E-state index in [2.05, 4.69) is 5.32 Å². The van der Waals surface area contributed by atoms with Gasteiger partial charge in [-0.3, -0.25) is 4.79 Å². The summed E-state index contributed by atoms with van der Waals surface area (Å²) in [5.74, 6) is -0.438. The van der Waals surface area contributed by atoms with Crippen LogP contribution in [0.15, 0.2) is 48.5 Å². The maximum absolute atomic E-state index is 12.6.